The quantitative estimate of drug-likeness (QED) is 0.649. The van der Waals surface area contributed by atoms with Crippen LogP contribution in [0.5, 0.6) is 0 Å². The molecule has 34 heavy (non-hydrogen) atoms. The Bertz CT molecular complexity index is 1210. The Balaban J connectivity index is 1.42. The molecule has 1 fully saturated rings. The van der Waals surface area contributed by atoms with Gasteiger partial charge in [-0.2, -0.15) is 4.31 Å². The molecule has 1 atom stereocenters. The summed E-state index contributed by atoms with van der Waals surface area (Å²) >= 11 is 0. The number of benzene rings is 2. The lowest BCUT2D eigenvalue weighted by Crippen LogP contribution is -2.46. The summed E-state index contributed by atoms with van der Waals surface area (Å²) in [5.41, 5.74) is 2.39. The Labute approximate surface area is 197 Å². The highest BCUT2D eigenvalue weighted by atomic mass is 32.2. The maximum atomic E-state index is 13.7. The monoisotopic (exact) mass is 491 g/mol. The summed E-state index contributed by atoms with van der Waals surface area (Å²) in [7, 11) is -2.29. The molecule has 1 saturated heterocycles. The van der Waals surface area contributed by atoms with Gasteiger partial charge in [-0.25, -0.2) is 17.2 Å². The molecule has 1 unspecified atom stereocenters. The van der Waals surface area contributed by atoms with Crippen LogP contribution in [0.15, 0.2) is 41.3 Å². The Hall–Kier alpha value is -2.85. The average Bonchev–Trinajstić information content (AvgIpc) is 3.32. The van der Waals surface area contributed by atoms with Crippen LogP contribution in [0.1, 0.15) is 42.0 Å². The van der Waals surface area contributed by atoms with Gasteiger partial charge in [0.2, 0.25) is 21.8 Å². The van der Waals surface area contributed by atoms with Crippen molar-refractivity contribution in [3.63, 3.8) is 0 Å². The molecule has 1 aliphatic carbocycles. The number of likely N-dealkylation sites (N-methyl/N-ethyl adjacent to an activating group) is 1. The van der Waals surface area contributed by atoms with Crippen LogP contribution < -0.4 is 10.6 Å². The van der Waals surface area contributed by atoms with Crippen LogP contribution in [0, 0.1) is 17.6 Å². The van der Waals surface area contributed by atoms with Crippen LogP contribution in [-0.4, -0.2) is 44.7 Å². The molecule has 4 rings (SSSR count). The first-order valence-electron chi connectivity index (χ1n) is 11.3. The van der Waals surface area contributed by atoms with Crippen molar-refractivity contribution in [2.45, 2.75) is 43.0 Å². The Morgan fingerprint density at radius 3 is 2.38 bits per heavy atom. The molecule has 2 amide bonds. The van der Waals surface area contributed by atoms with Gasteiger partial charge >= 0.3 is 0 Å². The van der Waals surface area contributed by atoms with Crippen molar-refractivity contribution in [3.05, 3.63) is 64.7 Å². The molecule has 0 saturated carbocycles. The van der Waals surface area contributed by atoms with Gasteiger partial charge in [-0.15, -0.1) is 0 Å². The molecular formula is C24H27F2N3O4S. The Morgan fingerprint density at radius 1 is 1.00 bits per heavy atom. The topological polar surface area (TPSA) is 95.6 Å². The van der Waals surface area contributed by atoms with Gasteiger partial charge in [-0.3, -0.25) is 9.59 Å². The van der Waals surface area contributed by atoms with Gasteiger partial charge in [-0.05, 0) is 73.1 Å². The first-order valence-corrected chi connectivity index (χ1v) is 12.7. The molecule has 0 bridgehead atoms. The van der Waals surface area contributed by atoms with Crippen LogP contribution in [-0.2, 0) is 32.5 Å². The van der Waals surface area contributed by atoms with E-state index in [9.17, 15) is 26.8 Å². The Kier molecular flexibility index (Phi) is 6.99. The lowest BCUT2D eigenvalue weighted by molar-refractivity contribution is -0.131. The van der Waals surface area contributed by atoms with E-state index < -0.39 is 45.4 Å². The van der Waals surface area contributed by atoms with E-state index in [1.165, 1.54) is 23.0 Å². The van der Waals surface area contributed by atoms with Crippen molar-refractivity contribution in [1.29, 1.82) is 0 Å². The first-order chi connectivity index (χ1) is 16.2. The van der Waals surface area contributed by atoms with E-state index in [1.54, 1.807) is 12.1 Å². The molecule has 7 nitrogen and oxygen atoms in total. The second kappa shape index (κ2) is 9.79. The zero-order valence-electron chi connectivity index (χ0n) is 18.8. The predicted molar refractivity (Wildman–Crippen MR) is 121 cm³/mol. The van der Waals surface area contributed by atoms with E-state index in [4.69, 9.17) is 0 Å². The third-order valence-corrected chi connectivity index (χ3v) is 8.50. The molecule has 0 aromatic heterocycles. The largest absolute Gasteiger partial charge is 0.357 e. The van der Waals surface area contributed by atoms with E-state index >= 15 is 0 Å². The number of carbonyl (C=O) groups excluding carboxylic acids is 2. The van der Waals surface area contributed by atoms with Gasteiger partial charge in [0, 0.05) is 26.1 Å². The van der Waals surface area contributed by atoms with Crippen molar-refractivity contribution in [2.24, 2.45) is 5.92 Å². The fourth-order valence-electron chi connectivity index (χ4n) is 4.61. The molecule has 1 aliphatic heterocycles. The molecule has 182 valence electrons. The normalized spacial score (nSPS) is 17.7. The lowest BCUT2D eigenvalue weighted by atomic mass is 9.96. The highest BCUT2D eigenvalue weighted by Gasteiger charge is 2.34. The highest BCUT2D eigenvalue weighted by Crippen LogP contribution is 2.29. The maximum absolute atomic E-state index is 13.7. The number of halogens is 2. The summed E-state index contributed by atoms with van der Waals surface area (Å²) in [6.07, 6.45) is 3.45. The number of piperidine rings is 1. The van der Waals surface area contributed by atoms with Crippen molar-refractivity contribution in [2.75, 3.05) is 20.1 Å². The molecule has 0 spiro atoms. The summed E-state index contributed by atoms with van der Waals surface area (Å²) in [6, 6.07) is 7.11. The number of fused-ring (bicyclic) bond motifs is 1. The van der Waals surface area contributed by atoms with Crippen molar-refractivity contribution in [1.82, 2.24) is 14.9 Å². The Morgan fingerprint density at radius 2 is 1.71 bits per heavy atom. The van der Waals surface area contributed by atoms with Gasteiger partial charge in [0.15, 0.2) is 11.6 Å². The fraction of sp³-hybridized carbons (Fsp3) is 0.417. The van der Waals surface area contributed by atoms with E-state index in [0.717, 1.165) is 37.0 Å². The second-order valence-electron chi connectivity index (χ2n) is 8.69. The maximum Gasteiger partial charge on any atom is 0.246 e. The highest BCUT2D eigenvalue weighted by molar-refractivity contribution is 7.89. The van der Waals surface area contributed by atoms with E-state index in [-0.39, 0.29) is 36.4 Å². The molecule has 1 heterocycles. The van der Waals surface area contributed by atoms with Gasteiger partial charge in [0.25, 0.3) is 0 Å². The summed E-state index contributed by atoms with van der Waals surface area (Å²) < 4.78 is 54.6. The third kappa shape index (κ3) is 4.83. The van der Waals surface area contributed by atoms with Gasteiger partial charge in [-0.1, -0.05) is 12.1 Å². The smallest absolute Gasteiger partial charge is 0.246 e. The van der Waals surface area contributed by atoms with E-state index in [1.807, 2.05) is 6.07 Å². The number of carbonyl (C=O) groups is 2. The van der Waals surface area contributed by atoms with Gasteiger partial charge < -0.3 is 10.6 Å². The summed E-state index contributed by atoms with van der Waals surface area (Å²) in [6.45, 7) is 0.348. The van der Waals surface area contributed by atoms with Crippen molar-refractivity contribution < 1.29 is 26.8 Å². The number of nitrogens with one attached hydrogen (secondary N) is 2. The molecule has 2 aliphatic rings. The number of rotatable bonds is 6. The number of nitrogens with zero attached hydrogens (tertiary/aromatic N) is 1. The number of hydrogen-bond donors (Lipinski definition) is 2. The number of sulfonamides is 1. The molecule has 10 heteroatoms. The SMILES string of the molecule is CNC(=O)C(NC(=O)C1CCN(S(=O)(=O)c2ccc3c(c2)CCC3)CC1)c1ccc(F)c(F)c1. The van der Waals surface area contributed by atoms with Gasteiger partial charge in [0.1, 0.15) is 6.04 Å². The van der Waals surface area contributed by atoms with E-state index in [0.29, 0.717) is 0 Å². The molecule has 2 aromatic carbocycles. The zero-order valence-corrected chi connectivity index (χ0v) is 19.6. The summed E-state index contributed by atoms with van der Waals surface area (Å²) in [5, 5.41) is 5.02. The lowest BCUT2D eigenvalue weighted by Gasteiger charge is -2.31. The minimum absolute atomic E-state index is 0.114. The average molecular weight is 492 g/mol. The van der Waals surface area contributed by atoms with Crippen molar-refractivity contribution >= 4 is 21.8 Å². The molecule has 0 radical (unpaired) electrons. The summed E-state index contributed by atoms with van der Waals surface area (Å²) in [4.78, 5) is 25.5. The van der Waals surface area contributed by atoms with Gasteiger partial charge in [0.05, 0.1) is 4.90 Å². The minimum Gasteiger partial charge on any atom is -0.357 e. The summed E-state index contributed by atoms with van der Waals surface area (Å²) in [5.74, 6) is -3.69. The number of aryl methyl sites for hydroxylation is 2. The van der Waals surface area contributed by atoms with Crippen LogP contribution in [0.2, 0.25) is 0 Å². The predicted octanol–water partition coefficient (Wildman–Crippen LogP) is 2.46. The second-order valence-corrected chi connectivity index (χ2v) is 10.6. The minimum atomic E-state index is -3.66. The van der Waals surface area contributed by atoms with Crippen LogP contribution in [0.3, 0.4) is 0 Å². The molecule has 2 aromatic rings. The third-order valence-electron chi connectivity index (χ3n) is 6.60. The number of hydrogen-bond acceptors (Lipinski definition) is 4. The first kappa shape index (κ1) is 24.3. The fourth-order valence-corrected chi connectivity index (χ4v) is 6.13. The van der Waals surface area contributed by atoms with Crippen LogP contribution >= 0.6 is 0 Å². The number of amides is 2. The van der Waals surface area contributed by atoms with Crippen LogP contribution in [0.4, 0.5) is 8.78 Å². The molecule has 2 N–H and O–H groups in total. The van der Waals surface area contributed by atoms with E-state index in [2.05, 4.69) is 10.6 Å². The van der Waals surface area contributed by atoms with Crippen molar-refractivity contribution in [3.8, 4) is 0 Å². The standard InChI is InChI=1S/C24H27F2N3O4S/c1-27-24(31)22(18-6-8-20(25)21(26)14-18)28-23(30)16-9-11-29(12-10-16)34(32,33)19-7-5-15-3-2-4-17(15)13-19/h5-8,13-14,16,22H,2-4,9-12H2,1H3,(H,27,31)(H,28,30). The zero-order chi connectivity index (χ0) is 24.5. The van der Waals surface area contributed by atoms with Crippen LogP contribution in [0.25, 0.3) is 0 Å². The molecular weight excluding hydrogens is 464 g/mol.